The highest BCUT2D eigenvalue weighted by Crippen LogP contribution is 2.44. The van der Waals surface area contributed by atoms with Crippen LogP contribution < -0.4 is 0 Å². The highest BCUT2D eigenvalue weighted by molar-refractivity contribution is 7.62. The summed E-state index contributed by atoms with van der Waals surface area (Å²) in [5.41, 5.74) is 1.33. The Kier molecular flexibility index (Phi) is 5.40. The molecule has 160 valence electrons. The van der Waals surface area contributed by atoms with Crippen molar-refractivity contribution in [1.82, 2.24) is 9.88 Å². The van der Waals surface area contributed by atoms with Gasteiger partial charge in [0, 0.05) is 17.7 Å². The molecule has 1 atom stereocenters. The summed E-state index contributed by atoms with van der Waals surface area (Å²) in [5.74, 6) is -2.45. The molecular formula is C23H22FN2O4P. The minimum Gasteiger partial charge on any atom is -0.505 e. The number of aromatic nitrogens is 1. The van der Waals surface area contributed by atoms with Crippen LogP contribution in [-0.4, -0.2) is 46.3 Å². The van der Waals surface area contributed by atoms with Crippen molar-refractivity contribution in [3.63, 3.8) is 0 Å². The smallest absolute Gasteiger partial charge is 0.264 e. The summed E-state index contributed by atoms with van der Waals surface area (Å²) in [7, 11) is -2.41. The molecule has 1 N–H and O–H groups in total. The molecule has 2 heterocycles. The van der Waals surface area contributed by atoms with Crippen LogP contribution in [0.15, 0.2) is 48.7 Å². The van der Waals surface area contributed by atoms with Crippen molar-refractivity contribution in [3.05, 3.63) is 71.2 Å². The van der Waals surface area contributed by atoms with Crippen LogP contribution in [0.4, 0.5) is 4.39 Å². The van der Waals surface area contributed by atoms with Gasteiger partial charge in [0.1, 0.15) is 11.3 Å². The molecule has 0 radical (unpaired) electrons. The lowest BCUT2D eigenvalue weighted by molar-refractivity contribution is -0.131. The van der Waals surface area contributed by atoms with E-state index in [9.17, 15) is 23.7 Å². The average molecular weight is 440 g/mol. The number of phenolic OH excluding ortho intramolecular Hbond substituents is 1. The van der Waals surface area contributed by atoms with E-state index in [4.69, 9.17) is 0 Å². The lowest BCUT2D eigenvalue weighted by atomic mass is 9.84. The molecule has 1 aliphatic heterocycles. The molecule has 31 heavy (non-hydrogen) atoms. The topological polar surface area (TPSA) is 87.6 Å². The fourth-order valence-corrected chi connectivity index (χ4v) is 4.80. The van der Waals surface area contributed by atoms with E-state index in [1.165, 1.54) is 30.5 Å². The van der Waals surface area contributed by atoms with Crippen molar-refractivity contribution in [3.8, 4) is 5.75 Å². The van der Waals surface area contributed by atoms with Gasteiger partial charge >= 0.3 is 0 Å². The van der Waals surface area contributed by atoms with E-state index in [1.54, 1.807) is 31.5 Å². The molecular weight excluding hydrogens is 418 g/mol. The number of aromatic hydroxyl groups is 1. The Morgan fingerprint density at radius 2 is 1.87 bits per heavy atom. The number of imide groups is 1. The molecule has 0 fully saturated rings. The van der Waals surface area contributed by atoms with Crippen LogP contribution in [0.1, 0.15) is 33.8 Å². The number of halogens is 1. The van der Waals surface area contributed by atoms with Gasteiger partial charge in [0.2, 0.25) is 5.91 Å². The van der Waals surface area contributed by atoms with Crippen LogP contribution in [-0.2, 0) is 15.9 Å². The Labute approximate surface area is 179 Å². The second-order valence-electron chi connectivity index (χ2n) is 8.26. The van der Waals surface area contributed by atoms with Gasteiger partial charge in [0.05, 0.1) is 25.2 Å². The number of fused-ring (bicyclic) bond motifs is 2. The van der Waals surface area contributed by atoms with Gasteiger partial charge in [0.15, 0.2) is 5.75 Å². The normalized spacial score (nSPS) is 16.6. The van der Waals surface area contributed by atoms with Gasteiger partial charge in [0.25, 0.3) is 5.91 Å². The van der Waals surface area contributed by atoms with Gasteiger partial charge < -0.3 is 9.67 Å². The van der Waals surface area contributed by atoms with E-state index in [0.717, 1.165) is 4.90 Å². The molecule has 0 spiro atoms. The summed E-state index contributed by atoms with van der Waals surface area (Å²) < 4.78 is 25.6. The molecule has 2 amide bonds. The maximum absolute atomic E-state index is 13.4. The minimum atomic E-state index is -2.41. The number of carbonyl (C=O) groups excluding carboxylic acids is 2. The maximum atomic E-state index is 13.4. The maximum Gasteiger partial charge on any atom is 0.264 e. The number of pyridine rings is 1. The Bertz CT molecular complexity index is 1240. The Balaban J connectivity index is 1.83. The van der Waals surface area contributed by atoms with E-state index >= 15 is 0 Å². The van der Waals surface area contributed by atoms with Crippen LogP contribution >= 0.6 is 7.14 Å². The van der Waals surface area contributed by atoms with E-state index < -0.39 is 30.7 Å². The third kappa shape index (κ3) is 4.10. The largest absolute Gasteiger partial charge is 0.505 e. The Morgan fingerprint density at radius 3 is 2.55 bits per heavy atom. The molecule has 8 heteroatoms. The number of rotatable bonds is 5. The first-order chi connectivity index (χ1) is 14.7. The minimum absolute atomic E-state index is 0.0416. The number of hydrogen-bond donors (Lipinski definition) is 1. The van der Waals surface area contributed by atoms with Crippen molar-refractivity contribution >= 4 is 29.9 Å². The van der Waals surface area contributed by atoms with E-state index in [0.29, 0.717) is 22.7 Å². The van der Waals surface area contributed by atoms with Crippen molar-refractivity contribution < 1.29 is 23.7 Å². The van der Waals surface area contributed by atoms with Crippen LogP contribution in [0.3, 0.4) is 0 Å². The summed E-state index contributed by atoms with van der Waals surface area (Å²) >= 11 is 0. The molecule has 0 aliphatic carbocycles. The third-order valence-corrected chi connectivity index (χ3v) is 6.84. The zero-order valence-electron chi connectivity index (χ0n) is 17.2. The lowest BCUT2D eigenvalue weighted by Crippen LogP contribution is -2.44. The lowest BCUT2D eigenvalue weighted by Gasteiger charge is -2.33. The van der Waals surface area contributed by atoms with Gasteiger partial charge in [-0.15, -0.1) is 0 Å². The Hall–Kier alpha value is -3.05. The van der Waals surface area contributed by atoms with Crippen molar-refractivity contribution in [2.75, 3.05) is 19.5 Å². The van der Waals surface area contributed by atoms with Crippen LogP contribution in [0.5, 0.6) is 5.75 Å². The average Bonchev–Trinajstić information content (AvgIpc) is 2.71. The number of carbonyl (C=O) groups is 2. The summed E-state index contributed by atoms with van der Waals surface area (Å²) in [6.07, 6.45) is 2.13. The second-order valence-corrected chi connectivity index (χ2v) is 11.9. The fraction of sp³-hybridized carbons (Fsp3) is 0.261. The van der Waals surface area contributed by atoms with Gasteiger partial charge in [-0.3, -0.25) is 19.5 Å². The van der Waals surface area contributed by atoms with E-state index in [2.05, 4.69) is 4.98 Å². The zero-order chi connectivity index (χ0) is 22.3. The van der Waals surface area contributed by atoms with Crippen LogP contribution in [0.2, 0.25) is 0 Å². The summed E-state index contributed by atoms with van der Waals surface area (Å²) in [6.45, 7) is 3.26. The molecule has 0 saturated carbocycles. The first-order valence-electron chi connectivity index (χ1n) is 9.90. The number of benzene rings is 2. The predicted molar refractivity (Wildman–Crippen MR) is 116 cm³/mol. The zero-order valence-corrected chi connectivity index (χ0v) is 18.1. The number of hydrogen-bond acceptors (Lipinski definition) is 5. The summed E-state index contributed by atoms with van der Waals surface area (Å²) in [4.78, 5) is 31.9. The van der Waals surface area contributed by atoms with Gasteiger partial charge in [-0.1, -0.05) is 18.2 Å². The molecule has 0 bridgehead atoms. The highest BCUT2D eigenvalue weighted by Gasteiger charge is 2.41. The van der Waals surface area contributed by atoms with Crippen LogP contribution in [0, 0.1) is 5.82 Å². The number of amides is 2. The van der Waals surface area contributed by atoms with E-state index in [-0.39, 0.29) is 29.8 Å². The SMILES string of the molecule is CP(C)(=O)CCC1C(=O)N(Cc2ccc(F)cc2)C(=O)c2c1cc1cccnc1c2O. The van der Waals surface area contributed by atoms with Gasteiger partial charge in [-0.05, 0) is 55.1 Å². The molecule has 1 unspecified atom stereocenters. The quantitative estimate of drug-likeness (QED) is 0.471. The molecule has 6 nitrogen and oxygen atoms in total. The molecule has 2 aromatic carbocycles. The summed E-state index contributed by atoms with van der Waals surface area (Å²) in [6, 6.07) is 10.7. The first-order valence-corrected chi connectivity index (χ1v) is 12.7. The summed E-state index contributed by atoms with van der Waals surface area (Å²) in [5, 5.41) is 11.5. The molecule has 0 saturated heterocycles. The van der Waals surface area contributed by atoms with Crippen molar-refractivity contribution in [1.29, 1.82) is 0 Å². The Morgan fingerprint density at radius 1 is 1.16 bits per heavy atom. The first kappa shape index (κ1) is 21.2. The second kappa shape index (κ2) is 7.89. The van der Waals surface area contributed by atoms with E-state index in [1.807, 2.05) is 0 Å². The standard InChI is InChI=1S/C23H22FN2O4P/c1-31(2,30)11-9-17-18-12-15-4-3-10-25-20(15)21(27)19(18)23(29)26(22(17)28)13-14-5-7-16(24)8-6-14/h3-8,10,12,17,27H,9,11,13H2,1-2H3. The number of nitrogens with zero attached hydrogens (tertiary/aromatic N) is 2. The highest BCUT2D eigenvalue weighted by atomic mass is 31.2. The predicted octanol–water partition coefficient (Wildman–Crippen LogP) is 4.36. The number of phenols is 1. The molecule has 4 rings (SSSR count). The fourth-order valence-electron chi connectivity index (χ4n) is 3.92. The van der Waals surface area contributed by atoms with Gasteiger partial charge in [-0.25, -0.2) is 4.39 Å². The van der Waals surface area contributed by atoms with Gasteiger partial charge in [-0.2, -0.15) is 0 Å². The molecule has 1 aliphatic rings. The molecule has 1 aromatic heterocycles. The molecule has 3 aromatic rings. The van der Waals surface area contributed by atoms with Crippen molar-refractivity contribution in [2.24, 2.45) is 0 Å². The third-order valence-electron chi connectivity index (χ3n) is 5.51. The van der Waals surface area contributed by atoms with Crippen molar-refractivity contribution in [2.45, 2.75) is 18.9 Å². The monoisotopic (exact) mass is 440 g/mol. The van der Waals surface area contributed by atoms with Crippen LogP contribution in [0.25, 0.3) is 10.9 Å².